The molecule has 21 heavy (non-hydrogen) atoms. The molecular weight excluding hydrogens is 276 g/mol. The number of hydrogen-bond donors (Lipinski definition) is 3. The van der Waals surface area contributed by atoms with Crippen LogP contribution in [-0.2, 0) is 14.4 Å². The van der Waals surface area contributed by atoms with Crippen molar-refractivity contribution < 1.29 is 29.7 Å². The van der Waals surface area contributed by atoms with Gasteiger partial charge in [-0.25, -0.2) is 0 Å². The predicted octanol–water partition coefficient (Wildman–Crippen LogP) is 3.64. The molecule has 6 nitrogen and oxygen atoms in total. The lowest BCUT2D eigenvalue weighted by Gasteiger charge is -2.17. The van der Waals surface area contributed by atoms with Crippen LogP contribution in [0.3, 0.4) is 0 Å². The Kier molecular flexibility index (Phi) is 17.2. The van der Waals surface area contributed by atoms with E-state index in [4.69, 9.17) is 20.1 Å². The molecule has 0 radical (unpaired) electrons. The average molecular weight is 306 g/mol. The van der Waals surface area contributed by atoms with E-state index >= 15 is 0 Å². The molecule has 0 rings (SSSR count). The van der Waals surface area contributed by atoms with Crippen LogP contribution >= 0.6 is 0 Å². The highest BCUT2D eigenvalue weighted by Gasteiger charge is 2.08. The smallest absolute Gasteiger partial charge is 0.303 e. The van der Waals surface area contributed by atoms with E-state index in [-0.39, 0.29) is 6.42 Å². The highest BCUT2D eigenvalue weighted by atomic mass is 16.4. The second kappa shape index (κ2) is 14.8. The van der Waals surface area contributed by atoms with Gasteiger partial charge < -0.3 is 15.3 Å². The quantitative estimate of drug-likeness (QED) is 0.646. The monoisotopic (exact) mass is 306 g/mol. The molecule has 0 aromatic rings. The number of rotatable bonds is 6. The first-order valence-electron chi connectivity index (χ1n) is 7.05. The van der Waals surface area contributed by atoms with Gasteiger partial charge in [-0.2, -0.15) is 0 Å². The molecule has 0 bridgehead atoms. The minimum Gasteiger partial charge on any atom is -0.481 e. The lowest BCUT2D eigenvalue weighted by Crippen LogP contribution is -2.04. The molecule has 0 aliphatic carbocycles. The first kappa shape index (κ1) is 24.4. The standard InChI is InChI=1S/C10H20O2.C3H6O2.C2H4O2/c1-10(2,3)8-6-4-5-7-9(11)12;1-2-3(4)5;1-2(3)4/h4-8H2,1-3H3,(H,11,12);2H2,1H3,(H,4,5);1H3,(H,3,4). The number of carboxylic acids is 3. The highest BCUT2D eigenvalue weighted by Crippen LogP contribution is 2.22. The van der Waals surface area contributed by atoms with Crippen molar-refractivity contribution in [3.63, 3.8) is 0 Å². The van der Waals surface area contributed by atoms with Crippen LogP contribution in [0.15, 0.2) is 0 Å². The van der Waals surface area contributed by atoms with Gasteiger partial charge in [-0.15, -0.1) is 0 Å². The van der Waals surface area contributed by atoms with Crippen LogP contribution in [0, 0.1) is 5.41 Å². The Balaban J connectivity index is -0.000000297. The Hall–Kier alpha value is -1.59. The zero-order chi connectivity index (χ0) is 17.5. The van der Waals surface area contributed by atoms with Crippen molar-refractivity contribution in [1.29, 1.82) is 0 Å². The maximum absolute atomic E-state index is 10.2. The van der Waals surface area contributed by atoms with E-state index in [9.17, 15) is 9.59 Å². The first-order valence-corrected chi connectivity index (χ1v) is 7.05. The second-order valence-electron chi connectivity index (χ2n) is 5.78. The van der Waals surface area contributed by atoms with Crippen molar-refractivity contribution >= 4 is 17.9 Å². The van der Waals surface area contributed by atoms with Crippen LogP contribution in [0.1, 0.15) is 73.1 Å². The maximum Gasteiger partial charge on any atom is 0.303 e. The average Bonchev–Trinajstić information content (AvgIpc) is 2.26. The summed E-state index contributed by atoms with van der Waals surface area (Å²) in [6.45, 7) is 9.32. The lowest BCUT2D eigenvalue weighted by molar-refractivity contribution is -0.137. The first-order chi connectivity index (χ1) is 9.42. The fourth-order valence-electron chi connectivity index (χ4n) is 1.11. The molecule has 0 aliphatic heterocycles. The van der Waals surface area contributed by atoms with Gasteiger partial charge in [-0.3, -0.25) is 14.4 Å². The van der Waals surface area contributed by atoms with Crippen molar-refractivity contribution in [3.05, 3.63) is 0 Å². The van der Waals surface area contributed by atoms with E-state index in [1.54, 1.807) is 6.92 Å². The van der Waals surface area contributed by atoms with Crippen LogP contribution < -0.4 is 0 Å². The van der Waals surface area contributed by atoms with E-state index in [0.29, 0.717) is 11.8 Å². The molecule has 0 aromatic carbocycles. The van der Waals surface area contributed by atoms with Crippen LogP contribution in [-0.4, -0.2) is 33.2 Å². The number of hydrogen-bond acceptors (Lipinski definition) is 3. The molecule has 0 amide bonds. The van der Waals surface area contributed by atoms with Gasteiger partial charge in [-0.1, -0.05) is 40.5 Å². The third-order valence-corrected chi connectivity index (χ3v) is 2.12. The molecule has 0 saturated carbocycles. The molecule has 0 unspecified atom stereocenters. The Morgan fingerprint density at radius 2 is 1.24 bits per heavy atom. The van der Waals surface area contributed by atoms with Gasteiger partial charge in [0.15, 0.2) is 0 Å². The van der Waals surface area contributed by atoms with Gasteiger partial charge in [0.25, 0.3) is 5.97 Å². The summed E-state index contributed by atoms with van der Waals surface area (Å²) in [5.74, 6) is -2.25. The van der Waals surface area contributed by atoms with Crippen molar-refractivity contribution in [2.24, 2.45) is 5.41 Å². The zero-order valence-corrected chi connectivity index (χ0v) is 13.8. The molecule has 0 aromatic heterocycles. The predicted molar refractivity (Wildman–Crippen MR) is 81.4 cm³/mol. The van der Waals surface area contributed by atoms with Gasteiger partial charge in [0.1, 0.15) is 0 Å². The largest absolute Gasteiger partial charge is 0.481 e. The lowest BCUT2D eigenvalue weighted by atomic mass is 9.89. The summed E-state index contributed by atoms with van der Waals surface area (Å²) in [5.41, 5.74) is 0.392. The van der Waals surface area contributed by atoms with Crippen molar-refractivity contribution in [1.82, 2.24) is 0 Å². The molecule has 0 saturated heterocycles. The molecule has 0 atom stereocenters. The van der Waals surface area contributed by atoms with E-state index in [0.717, 1.165) is 26.2 Å². The molecule has 0 aliphatic rings. The molecule has 6 heteroatoms. The van der Waals surface area contributed by atoms with Gasteiger partial charge in [0.05, 0.1) is 0 Å². The van der Waals surface area contributed by atoms with Gasteiger partial charge in [0.2, 0.25) is 0 Å². The van der Waals surface area contributed by atoms with E-state index < -0.39 is 17.9 Å². The summed E-state index contributed by atoms with van der Waals surface area (Å²) in [7, 11) is 0. The van der Waals surface area contributed by atoms with Gasteiger partial charge in [-0.05, 0) is 18.3 Å². The van der Waals surface area contributed by atoms with E-state index in [1.165, 1.54) is 6.42 Å². The minimum absolute atomic E-state index is 0.222. The van der Waals surface area contributed by atoms with Crippen molar-refractivity contribution in [2.75, 3.05) is 0 Å². The van der Waals surface area contributed by atoms with Crippen LogP contribution in [0.25, 0.3) is 0 Å². The molecule has 0 heterocycles. The Morgan fingerprint density at radius 3 is 1.48 bits per heavy atom. The molecule has 3 N–H and O–H groups in total. The minimum atomic E-state index is -0.833. The van der Waals surface area contributed by atoms with Crippen LogP contribution in [0.4, 0.5) is 0 Å². The normalized spacial score (nSPS) is 9.57. The van der Waals surface area contributed by atoms with Gasteiger partial charge in [0, 0.05) is 19.8 Å². The third-order valence-electron chi connectivity index (χ3n) is 2.12. The molecular formula is C15H30O6. The molecule has 0 fully saturated rings. The summed E-state index contributed by atoms with van der Waals surface area (Å²) < 4.78 is 0. The molecule has 0 spiro atoms. The fraction of sp³-hybridized carbons (Fsp3) is 0.800. The summed E-state index contributed by atoms with van der Waals surface area (Å²) in [5, 5.41) is 23.5. The summed E-state index contributed by atoms with van der Waals surface area (Å²) in [6.07, 6.45) is 4.75. The van der Waals surface area contributed by atoms with Gasteiger partial charge >= 0.3 is 11.9 Å². The molecule has 126 valence electrons. The van der Waals surface area contributed by atoms with Crippen molar-refractivity contribution in [2.45, 2.75) is 73.1 Å². The number of carbonyl (C=O) groups is 3. The third kappa shape index (κ3) is 56.0. The number of carboxylic acid groups (broad SMARTS) is 3. The second-order valence-corrected chi connectivity index (χ2v) is 5.78. The van der Waals surface area contributed by atoms with Crippen LogP contribution in [0.2, 0.25) is 0 Å². The fourth-order valence-corrected chi connectivity index (χ4v) is 1.11. The highest BCUT2D eigenvalue weighted by molar-refractivity contribution is 5.66. The number of unbranched alkanes of at least 4 members (excludes halogenated alkanes) is 2. The van der Waals surface area contributed by atoms with E-state index in [2.05, 4.69) is 20.8 Å². The van der Waals surface area contributed by atoms with Crippen LogP contribution in [0.5, 0.6) is 0 Å². The topological polar surface area (TPSA) is 112 Å². The zero-order valence-electron chi connectivity index (χ0n) is 13.8. The summed E-state index contributed by atoms with van der Waals surface area (Å²) in [4.78, 5) is 28.5. The summed E-state index contributed by atoms with van der Waals surface area (Å²) in [6, 6.07) is 0. The Bertz CT molecular complexity index is 287. The summed E-state index contributed by atoms with van der Waals surface area (Å²) >= 11 is 0. The number of aliphatic carboxylic acids is 3. The van der Waals surface area contributed by atoms with E-state index in [1.807, 2.05) is 0 Å². The Labute approximate surface area is 127 Å². The SMILES string of the molecule is CC(=O)O.CC(C)(C)CCCCCC(=O)O.CCC(=O)O. The maximum atomic E-state index is 10.2. The Morgan fingerprint density at radius 1 is 0.857 bits per heavy atom. The van der Waals surface area contributed by atoms with Crippen molar-refractivity contribution in [3.8, 4) is 0 Å².